The van der Waals surface area contributed by atoms with Crippen molar-refractivity contribution in [3.8, 4) is 0 Å². The van der Waals surface area contributed by atoms with E-state index >= 15 is 0 Å². The van der Waals surface area contributed by atoms with Gasteiger partial charge in [0.05, 0.1) is 12.2 Å². The van der Waals surface area contributed by atoms with Crippen molar-refractivity contribution in [3.63, 3.8) is 0 Å². The van der Waals surface area contributed by atoms with Gasteiger partial charge in [-0.1, -0.05) is 6.42 Å². The molecule has 4 unspecified atom stereocenters. The topological polar surface area (TPSA) is 41.5 Å². The van der Waals surface area contributed by atoms with E-state index in [0.717, 1.165) is 38.0 Å². The molecular formula is C14H27NO2. The molecular weight excluding hydrogens is 214 g/mol. The molecule has 0 aromatic rings. The van der Waals surface area contributed by atoms with Gasteiger partial charge >= 0.3 is 0 Å². The van der Waals surface area contributed by atoms with Crippen LogP contribution >= 0.6 is 0 Å². The zero-order valence-electron chi connectivity index (χ0n) is 11.2. The predicted octanol–water partition coefficient (Wildman–Crippen LogP) is 1.80. The summed E-state index contributed by atoms with van der Waals surface area (Å²) in [5.41, 5.74) is -0.472. The highest BCUT2D eigenvalue weighted by atomic mass is 16.5. The predicted molar refractivity (Wildman–Crippen MR) is 68.9 cm³/mol. The van der Waals surface area contributed by atoms with E-state index < -0.39 is 5.60 Å². The van der Waals surface area contributed by atoms with Crippen molar-refractivity contribution in [1.82, 2.24) is 5.32 Å². The van der Waals surface area contributed by atoms with Crippen LogP contribution in [0.5, 0.6) is 0 Å². The fourth-order valence-electron chi connectivity index (χ4n) is 3.83. The molecule has 3 nitrogen and oxygen atoms in total. The van der Waals surface area contributed by atoms with Crippen molar-refractivity contribution in [1.29, 1.82) is 0 Å². The molecule has 2 aliphatic rings. The van der Waals surface area contributed by atoms with Crippen molar-refractivity contribution in [2.45, 2.75) is 44.6 Å². The highest BCUT2D eigenvalue weighted by molar-refractivity contribution is 4.98. The lowest BCUT2D eigenvalue weighted by Crippen LogP contribution is -2.40. The van der Waals surface area contributed by atoms with Gasteiger partial charge in [-0.25, -0.2) is 0 Å². The summed E-state index contributed by atoms with van der Waals surface area (Å²) in [5.74, 6) is 2.26. The fourth-order valence-corrected chi connectivity index (χ4v) is 3.83. The smallest absolute Gasteiger partial charge is 0.0662 e. The zero-order valence-corrected chi connectivity index (χ0v) is 11.2. The molecule has 2 fully saturated rings. The SMILES string of the molecule is COCCNCCC(C)(O)C1CC2CCC1C2. The number of nitrogens with one attached hydrogen (secondary N) is 1. The Balaban J connectivity index is 1.71. The third kappa shape index (κ3) is 3.21. The van der Waals surface area contributed by atoms with Crippen LogP contribution in [0.15, 0.2) is 0 Å². The van der Waals surface area contributed by atoms with E-state index in [1.807, 2.05) is 6.92 Å². The highest BCUT2D eigenvalue weighted by Gasteiger charge is 2.47. The number of rotatable bonds is 7. The number of methoxy groups -OCH3 is 1. The Hall–Kier alpha value is -0.120. The Bertz CT molecular complexity index is 242. The minimum Gasteiger partial charge on any atom is -0.390 e. The molecule has 4 atom stereocenters. The van der Waals surface area contributed by atoms with Crippen LogP contribution in [0.2, 0.25) is 0 Å². The lowest BCUT2D eigenvalue weighted by molar-refractivity contribution is -0.0308. The maximum absolute atomic E-state index is 10.6. The van der Waals surface area contributed by atoms with Gasteiger partial charge in [-0.2, -0.15) is 0 Å². The van der Waals surface area contributed by atoms with E-state index in [1.54, 1.807) is 7.11 Å². The summed E-state index contributed by atoms with van der Waals surface area (Å²) in [6, 6.07) is 0. The second-order valence-electron chi connectivity index (χ2n) is 6.13. The largest absolute Gasteiger partial charge is 0.390 e. The molecule has 2 N–H and O–H groups in total. The van der Waals surface area contributed by atoms with Gasteiger partial charge in [-0.15, -0.1) is 0 Å². The van der Waals surface area contributed by atoms with Crippen molar-refractivity contribution < 1.29 is 9.84 Å². The monoisotopic (exact) mass is 241 g/mol. The highest BCUT2D eigenvalue weighted by Crippen LogP contribution is 2.52. The van der Waals surface area contributed by atoms with Gasteiger partial charge in [0.25, 0.3) is 0 Å². The molecule has 2 rings (SSSR count). The summed E-state index contributed by atoms with van der Waals surface area (Å²) in [6.07, 6.45) is 6.25. The van der Waals surface area contributed by atoms with Crippen LogP contribution in [0.25, 0.3) is 0 Å². The molecule has 0 saturated heterocycles. The number of hydrogen-bond donors (Lipinski definition) is 2. The summed E-state index contributed by atoms with van der Waals surface area (Å²) >= 11 is 0. The van der Waals surface area contributed by atoms with E-state index in [9.17, 15) is 5.11 Å². The summed E-state index contributed by atoms with van der Waals surface area (Å²) in [4.78, 5) is 0. The Morgan fingerprint density at radius 3 is 2.71 bits per heavy atom. The molecule has 100 valence electrons. The molecule has 0 spiro atoms. The molecule has 0 aromatic heterocycles. The number of ether oxygens (including phenoxy) is 1. The first-order valence-corrected chi connectivity index (χ1v) is 7.05. The van der Waals surface area contributed by atoms with Crippen molar-refractivity contribution in [3.05, 3.63) is 0 Å². The summed E-state index contributed by atoms with van der Waals surface area (Å²) in [7, 11) is 1.72. The molecule has 3 heteroatoms. The quantitative estimate of drug-likeness (QED) is 0.668. The van der Waals surface area contributed by atoms with E-state index in [2.05, 4.69) is 5.32 Å². The maximum atomic E-state index is 10.6. The maximum Gasteiger partial charge on any atom is 0.0662 e. The first-order chi connectivity index (χ1) is 8.13. The van der Waals surface area contributed by atoms with Crippen LogP contribution in [0.3, 0.4) is 0 Å². The number of hydrogen-bond acceptors (Lipinski definition) is 3. The fraction of sp³-hybridized carbons (Fsp3) is 1.00. The summed E-state index contributed by atoms with van der Waals surface area (Å²) in [5, 5.41) is 13.9. The Kier molecular flexibility index (Phi) is 4.45. The average molecular weight is 241 g/mol. The Morgan fingerprint density at radius 1 is 1.29 bits per heavy atom. The van der Waals surface area contributed by atoms with E-state index in [0.29, 0.717) is 5.92 Å². The molecule has 0 aliphatic heterocycles. The minimum atomic E-state index is -0.472. The number of fused-ring (bicyclic) bond motifs is 2. The molecule has 2 bridgehead atoms. The molecule has 0 heterocycles. The third-order valence-electron chi connectivity index (χ3n) is 4.83. The molecule has 17 heavy (non-hydrogen) atoms. The molecule has 0 aromatic carbocycles. The van der Waals surface area contributed by atoms with E-state index in [4.69, 9.17) is 4.74 Å². The minimum absolute atomic E-state index is 0.472. The van der Waals surface area contributed by atoms with Crippen LogP contribution in [0.4, 0.5) is 0 Å². The second-order valence-corrected chi connectivity index (χ2v) is 6.13. The van der Waals surface area contributed by atoms with Crippen molar-refractivity contribution >= 4 is 0 Å². The first kappa shape index (κ1) is 13.3. The van der Waals surface area contributed by atoms with Gasteiger partial charge in [0.15, 0.2) is 0 Å². The van der Waals surface area contributed by atoms with Crippen molar-refractivity contribution in [2.24, 2.45) is 17.8 Å². The lowest BCUT2D eigenvalue weighted by Gasteiger charge is -2.36. The van der Waals surface area contributed by atoms with Gasteiger partial charge < -0.3 is 15.2 Å². The van der Waals surface area contributed by atoms with Gasteiger partial charge in [-0.05, 0) is 56.9 Å². The van der Waals surface area contributed by atoms with E-state index in [1.165, 1.54) is 25.7 Å². The average Bonchev–Trinajstić information content (AvgIpc) is 2.90. The van der Waals surface area contributed by atoms with Crippen LogP contribution in [-0.4, -0.2) is 37.5 Å². The van der Waals surface area contributed by atoms with Gasteiger partial charge in [-0.3, -0.25) is 0 Å². The normalized spacial score (nSPS) is 35.1. The molecule has 0 amide bonds. The van der Waals surface area contributed by atoms with Gasteiger partial charge in [0.1, 0.15) is 0 Å². The van der Waals surface area contributed by atoms with Crippen LogP contribution < -0.4 is 5.32 Å². The first-order valence-electron chi connectivity index (χ1n) is 7.05. The standard InChI is InChI=1S/C14H27NO2/c1-14(16,5-6-15-7-8-17-2)13-10-11-3-4-12(13)9-11/h11-13,15-16H,3-10H2,1-2H3. The Labute approximate surface area is 105 Å². The molecule has 2 aliphatic carbocycles. The lowest BCUT2D eigenvalue weighted by atomic mass is 9.75. The summed E-state index contributed by atoms with van der Waals surface area (Å²) in [6.45, 7) is 4.56. The van der Waals surface area contributed by atoms with Gasteiger partial charge in [0.2, 0.25) is 0 Å². The van der Waals surface area contributed by atoms with E-state index in [-0.39, 0.29) is 0 Å². The third-order valence-corrected chi connectivity index (χ3v) is 4.83. The molecule has 2 saturated carbocycles. The van der Waals surface area contributed by atoms with Gasteiger partial charge in [0, 0.05) is 13.7 Å². The van der Waals surface area contributed by atoms with Crippen molar-refractivity contribution in [2.75, 3.05) is 26.8 Å². The second kappa shape index (κ2) is 5.68. The Morgan fingerprint density at radius 2 is 2.12 bits per heavy atom. The number of aliphatic hydroxyl groups is 1. The van der Waals surface area contributed by atoms with Crippen LogP contribution in [-0.2, 0) is 4.74 Å². The zero-order chi connectivity index (χ0) is 12.3. The van der Waals surface area contributed by atoms with Crippen LogP contribution in [0.1, 0.15) is 39.0 Å². The molecule has 0 radical (unpaired) electrons. The van der Waals surface area contributed by atoms with Crippen LogP contribution in [0, 0.1) is 17.8 Å². The summed E-state index contributed by atoms with van der Waals surface area (Å²) < 4.78 is 4.99.